The van der Waals surface area contributed by atoms with Gasteiger partial charge in [0.2, 0.25) is 0 Å². The van der Waals surface area contributed by atoms with Gasteiger partial charge in [0.15, 0.2) is 11.0 Å². The molecule has 1 aliphatic carbocycles. The van der Waals surface area contributed by atoms with Crippen LogP contribution in [0.5, 0.6) is 0 Å². The molecule has 1 N–H and O–H groups in total. The zero-order valence-electron chi connectivity index (χ0n) is 14.1. The number of aryl methyl sites for hydroxylation is 3. The van der Waals surface area contributed by atoms with Gasteiger partial charge in [-0.3, -0.25) is 0 Å². The Morgan fingerprint density at radius 1 is 1.23 bits per heavy atom. The minimum absolute atomic E-state index is 0.286. The molecule has 0 radical (unpaired) electrons. The molecule has 1 aromatic carbocycles. The lowest BCUT2D eigenvalue weighted by atomic mass is 9.87. The molecule has 2 nitrogen and oxygen atoms in total. The maximum atomic E-state index is 3.61. The maximum Gasteiger partial charge on any atom is 0.251 e. The lowest BCUT2D eigenvalue weighted by Gasteiger charge is -2.21. The molecule has 4 rings (SSSR count). The van der Waals surface area contributed by atoms with Gasteiger partial charge in [-0.25, -0.2) is 9.55 Å². The molecule has 0 unspecified atom stereocenters. The Kier molecular flexibility index (Phi) is 3.18. The molecule has 2 heteroatoms. The third kappa shape index (κ3) is 2.39. The van der Waals surface area contributed by atoms with Crippen LogP contribution in [0.3, 0.4) is 0 Å². The van der Waals surface area contributed by atoms with Crippen molar-refractivity contribution in [1.29, 1.82) is 0 Å². The second-order valence-corrected chi connectivity index (χ2v) is 7.85. The average Bonchev–Trinajstić information content (AvgIpc) is 3.25. The Bertz CT molecular complexity index is 745. The predicted octanol–water partition coefficient (Wildman–Crippen LogP) is 4.56. The molecule has 0 spiro atoms. The number of nitrogens with zero attached hydrogens (tertiary/aromatic N) is 1. The van der Waals surface area contributed by atoms with Crippen LogP contribution < -0.4 is 4.57 Å². The fourth-order valence-corrected chi connectivity index (χ4v) is 3.92. The predicted molar refractivity (Wildman–Crippen MR) is 91.1 cm³/mol. The number of H-pyrrole nitrogens is 1. The topological polar surface area (TPSA) is 19.7 Å². The van der Waals surface area contributed by atoms with Crippen LogP contribution in [0.25, 0.3) is 11.0 Å². The van der Waals surface area contributed by atoms with Gasteiger partial charge in [0.05, 0.1) is 6.54 Å². The van der Waals surface area contributed by atoms with Crippen LogP contribution in [0.1, 0.15) is 62.4 Å². The molecule has 1 fully saturated rings. The number of rotatable bonds is 1. The molecule has 0 saturated heterocycles. The third-order valence-corrected chi connectivity index (χ3v) is 5.44. The van der Waals surface area contributed by atoms with E-state index >= 15 is 0 Å². The van der Waals surface area contributed by atoms with Crippen LogP contribution >= 0.6 is 0 Å². The molecule has 2 heterocycles. The molecule has 116 valence electrons. The molecule has 0 amide bonds. The molecule has 22 heavy (non-hydrogen) atoms. The van der Waals surface area contributed by atoms with Crippen LogP contribution in [0.4, 0.5) is 0 Å². The van der Waals surface area contributed by atoms with Gasteiger partial charge in [0, 0.05) is 12.5 Å². The van der Waals surface area contributed by atoms with Crippen LogP contribution in [0, 0.1) is 12.3 Å². The van der Waals surface area contributed by atoms with E-state index in [4.69, 9.17) is 0 Å². The molecule has 0 bridgehead atoms. The quantitative estimate of drug-likeness (QED) is 0.588. The summed E-state index contributed by atoms with van der Waals surface area (Å²) in [6.45, 7) is 8.03. The number of hydrogen-bond donors (Lipinski definition) is 1. The molecule has 0 atom stereocenters. The SMILES string of the molecule is Cc1[nH]c2ccc(C3CC3)c3c2[n+]1CCC(C)(C)C=CCC3. The standard InChI is InChI=1S/C20H26N2/c1-14-21-18-10-9-16(15-7-8-15)17-6-4-5-11-20(2,3)12-13-22(14)19(17)18/h5,9-11,15H,4,6-8,12-13H2,1-3H3/p+1. The summed E-state index contributed by atoms with van der Waals surface area (Å²) in [4.78, 5) is 3.61. The monoisotopic (exact) mass is 295 g/mol. The van der Waals surface area contributed by atoms with Gasteiger partial charge in [0.1, 0.15) is 0 Å². The molecular formula is C20H27N2+. The smallest absolute Gasteiger partial charge is 0.241 e. The fourth-order valence-electron chi connectivity index (χ4n) is 3.92. The Balaban J connectivity index is 1.90. The van der Waals surface area contributed by atoms with E-state index in [9.17, 15) is 0 Å². The van der Waals surface area contributed by atoms with Crippen molar-refractivity contribution in [2.75, 3.05) is 0 Å². The highest BCUT2D eigenvalue weighted by Gasteiger charge is 2.30. The summed E-state index contributed by atoms with van der Waals surface area (Å²) in [5.41, 5.74) is 6.31. The van der Waals surface area contributed by atoms with E-state index in [1.165, 1.54) is 42.5 Å². The Morgan fingerprint density at radius 3 is 2.82 bits per heavy atom. The van der Waals surface area contributed by atoms with Gasteiger partial charge in [-0.05, 0) is 55.1 Å². The van der Waals surface area contributed by atoms with Gasteiger partial charge in [0.25, 0.3) is 5.82 Å². The summed E-state index contributed by atoms with van der Waals surface area (Å²) in [5.74, 6) is 2.12. The van der Waals surface area contributed by atoms with Crippen LogP contribution in [-0.2, 0) is 13.0 Å². The first-order valence-electron chi connectivity index (χ1n) is 8.77. The van der Waals surface area contributed by atoms with Crippen molar-refractivity contribution in [1.82, 2.24) is 4.98 Å². The fraction of sp³-hybridized carbons (Fsp3) is 0.550. The van der Waals surface area contributed by atoms with Gasteiger partial charge < -0.3 is 0 Å². The minimum Gasteiger partial charge on any atom is -0.241 e. The first kappa shape index (κ1) is 14.0. The Morgan fingerprint density at radius 2 is 2.05 bits per heavy atom. The largest absolute Gasteiger partial charge is 0.251 e. The van der Waals surface area contributed by atoms with Crippen molar-refractivity contribution in [2.45, 2.75) is 65.3 Å². The molecule has 1 aliphatic heterocycles. The van der Waals surface area contributed by atoms with Crippen LogP contribution in [-0.4, -0.2) is 4.98 Å². The van der Waals surface area contributed by atoms with Crippen molar-refractivity contribution in [3.8, 4) is 0 Å². The highest BCUT2D eigenvalue weighted by atomic mass is 15.1. The number of hydrogen-bond acceptors (Lipinski definition) is 0. The summed E-state index contributed by atoms with van der Waals surface area (Å²) in [7, 11) is 0. The van der Waals surface area contributed by atoms with E-state index < -0.39 is 0 Å². The van der Waals surface area contributed by atoms with E-state index in [-0.39, 0.29) is 5.41 Å². The summed E-state index contributed by atoms with van der Waals surface area (Å²) in [6, 6.07) is 4.69. The third-order valence-electron chi connectivity index (χ3n) is 5.44. The van der Waals surface area contributed by atoms with E-state index in [1.807, 2.05) is 0 Å². The number of allylic oxidation sites excluding steroid dienone is 2. The lowest BCUT2D eigenvalue weighted by Crippen LogP contribution is -2.38. The summed E-state index contributed by atoms with van der Waals surface area (Å²) in [5, 5.41) is 0. The zero-order chi connectivity index (χ0) is 15.3. The molecule has 2 aliphatic rings. The number of benzene rings is 1. The first-order chi connectivity index (χ1) is 10.6. The van der Waals surface area contributed by atoms with Crippen LogP contribution in [0.15, 0.2) is 24.3 Å². The normalized spacial score (nSPS) is 21.2. The van der Waals surface area contributed by atoms with Gasteiger partial charge >= 0.3 is 0 Å². The zero-order valence-corrected chi connectivity index (χ0v) is 14.1. The Labute approximate surface area is 133 Å². The number of aromatic nitrogens is 2. The van der Waals surface area contributed by atoms with Gasteiger partial charge in [-0.2, -0.15) is 0 Å². The number of nitrogens with one attached hydrogen (secondary N) is 1. The first-order valence-corrected chi connectivity index (χ1v) is 8.77. The number of aromatic amines is 1. The lowest BCUT2D eigenvalue weighted by molar-refractivity contribution is -0.679. The molecule has 1 aromatic heterocycles. The van der Waals surface area contributed by atoms with Crippen molar-refractivity contribution in [3.05, 3.63) is 41.2 Å². The maximum absolute atomic E-state index is 3.61. The average molecular weight is 295 g/mol. The second kappa shape index (κ2) is 4.97. The Hall–Kier alpha value is -1.57. The molecule has 2 aromatic rings. The summed E-state index contributed by atoms with van der Waals surface area (Å²) < 4.78 is 2.54. The van der Waals surface area contributed by atoms with Crippen LogP contribution in [0.2, 0.25) is 0 Å². The van der Waals surface area contributed by atoms with Crippen molar-refractivity contribution in [2.24, 2.45) is 5.41 Å². The van der Waals surface area contributed by atoms with E-state index in [1.54, 1.807) is 11.1 Å². The number of imidazole rings is 1. The minimum atomic E-state index is 0.286. The highest BCUT2D eigenvalue weighted by Crippen LogP contribution is 2.43. The summed E-state index contributed by atoms with van der Waals surface area (Å²) >= 11 is 0. The van der Waals surface area contributed by atoms with E-state index in [0.717, 1.165) is 18.9 Å². The van der Waals surface area contributed by atoms with Gasteiger partial charge in [-0.1, -0.05) is 32.1 Å². The van der Waals surface area contributed by atoms with Crippen molar-refractivity contribution in [3.63, 3.8) is 0 Å². The van der Waals surface area contributed by atoms with Gasteiger partial charge in [-0.15, -0.1) is 0 Å². The van der Waals surface area contributed by atoms with E-state index in [2.05, 4.69) is 54.6 Å². The highest BCUT2D eigenvalue weighted by molar-refractivity contribution is 5.77. The molecule has 1 saturated carbocycles. The second-order valence-electron chi connectivity index (χ2n) is 7.85. The van der Waals surface area contributed by atoms with E-state index in [0.29, 0.717) is 0 Å². The van der Waals surface area contributed by atoms with Crippen molar-refractivity contribution < 1.29 is 4.57 Å². The summed E-state index contributed by atoms with van der Waals surface area (Å²) in [6.07, 6.45) is 11.1. The van der Waals surface area contributed by atoms with Crippen molar-refractivity contribution >= 4 is 11.0 Å². The molecular weight excluding hydrogens is 268 g/mol.